The fourth-order valence-electron chi connectivity index (χ4n) is 1.46. The van der Waals surface area contributed by atoms with Crippen LogP contribution in [0.15, 0.2) is 6.07 Å². The summed E-state index contributed by atoms with van der Waals surface area (Å²) in [7, 11) is 0. The van der Waals surface area contributed by atoms with Crippen molar-refractivity contribution in [3.05, 3.63) is 11.6 Å². The largest absolute Gasteiger partial charge is 0.502 e. The molecular formula is C15H18O9. The number of carbonyl (C=O) groups excluding carboxylic acids is 3. The van der Waals surface area contributed by atoms with E-state index in [9.17, 15) is 19.5 Å². The minimum absolute atomic E-state index is 0.0165. The summed E-state index contributed by atoms with van der Waals surface area (Å²) in [6, 6.07) is 1.17. The number of rotatable bonds is 3. The first kappa shape index (κ1) is 20.9. The molecule has 0 aliphatic rings. The quantitative estimate of drug-likeness (QED) is 0.619. The molecule has 9 heteroatoms. The summed E-state index contributed by atoms with van der Waals surface area (Å²) in [4.78, 5) is 42.0. The summed E-state index contributed by atoms with van der Waals surface area (Å²) in [6.45, 7) is 6.02. The van der Waals surface area contributed by atoms with Crippen LogP contribution in [0.1, 0.15) is 33.3 Å². The molecule has 1 aromatic rings. The number of benzene rings is 1. The summed E-state index contributed by atoms with van der Waals surface area (Å²) in [5.74, 6) is -3.82. The number of carbonyl (C=O) groups is 4. The van der Waals surface area contributed by atoms with Gasteiger partial charge in [0.25, 0.3) is 5.97 Å². The summed E-state index contributed by atoms with van der Waals surface area (Å²) < 4.78 is 14.5. The number of esters is 3. The van der Waals surface area contributed by atoms with Crippen LogP contribution in [-0.4, -0.2) is 34.1 Å². The Bertz CT molecular complexity index is 617. The Kier molecular flexibility index (Phi) is 7.95. The van der Waals surface area contributed by atoms with E-state index in [2.05, 4.69) is 0 Å². The second kappa shape index (κ2) is 9.13. The van der Waals surface area contributed by atoms with Crippen molar-refractivity contribution in [2.45, 2.75) is 34.6 Å². The number of aromatic hydroxyl groups is 1. The number of hydrogen-bond donors (Lipinski definition) is 2. The fourth-order valence-corrected chi connectivity index (χ4v) is 1.46. The lowest BCUT2D eigenvalue weighted by Gasteiger charge is -2.15. The second-order valence-corrected chi connectivity index (χ2v) is 4.48. The smallest absolute Gasteiger partial charge is 0.308 e. The molecule has 0 saturated carbocycles. The zero-order chi connectivity index (χ0) is 19.0. The Balaban J connectivity index is 0.00000118. The third kappa shape index (κ3) is 7.25. The fraction of sp³-hybridized carbons (Fsp3) is 0.333. The van der Waals surface area contributed by atoms with E-state index in [1.54, 1.807) is 0 Å². The van der Waals surface area contributed by atoms with E-state index >= 15 is 0 Å². The van der Waals surface area contributed by atoms with Crippen molar-refractivity contribution in [1.29, 1.82) is 0 Å². The highest BCUT2D eigenvalue weighted by Gasteiger charge is 2.21. The molecule has 9 nitrogen and oxygen atoms in total. The summed E-state index contributed by atoms with van der Waals surface area (Å²) >= 11 is 0. The number of carboxylic acid groups (broad SMARTS) is 1. The molecule has 0 aliphatic carbocycles. The van der Waals surface area contributed by atoms with Gasteiger partial charge in [-0.15, -0.1) is 0 Å². The Hall–Kier alpha value is -3.10. The van der Waals surface area contributed by atoms with Gasteiger partial charge in [0.1, 0.15) is 5.75 Å². The first-order chi connectivity index (χ1) is 11.0. The molecule has 132 valence electrons. The van der Waals surface area contributed by atoms with E-state index in [4.69, 9.17) is 24.1 Å². The monoisotopic (exact) mass is 342 g/mol. The number of carboxylic acids is 1. The van der Waals surface area contributed by atoms with Crippen molar-refractivity contribution < 1.29 is 43.6 Å². The van der Waals surface area contributed by atoms with Crippen molar-refractivity contribution >= 4 is 23.9 Å². The van der Waals surface area contributed by atoms with Crippen molar-refractivity contribution in [3.8, 4) is 23.0 Å². The van der Waals surface area contributed by atoms with Gasteiger partial charge in [0.15, 0.2) is 11.5 Å². The van der Waals surface area contributed by atoms with Crippen molar-refractivity contribution in [3.63, 3.8) is 0 Å². The number of hydrogen-bond acceptors (Lipinski definition) is 8. The van der Waals surface area contributed by atoms with Gasteiger partial charge in [-0.3, -0.25) is 19.2 Å². The summed E-state index contributed by atoms with van der Waals surface area (Å²) in [5.41, 5.74) is 0.226. The third-order valence-corrected chi connectivity index (χ3v) is 2.17. The van der Waals surface area contributed by atoms with Crippen molar-refractivity contribution in [2.75, 3.05) is 0 Å². The molecule has 2 N–H and O–H groups in total. The van der Waals surface area contributed by atoms with Gasteiger partial charge in [0, 0.05) is 39.3 Å². The molecule has 0 amide bonds. The number of phenols is 1. The maximum Gasteiger partial charge on any atom is 0.308 e. The van der Waals surface area contributed by atoms with Crippen LogP contribution in [0.25, 0.3) is 0 Å². The van der Waals surface area contributed by atoms with Crippen LogP contribution in [0.3, 0.4) is 0 Å². The normalized spacial score (nSPS) is 9.21. The molecule has 1 aromatic carbocycles. The van der Waals surface area contributed by atoms with Gasteiger partial charge in [-0.2, -0.15) is 0 Å². The maximum atomic E-state index is 11.0. The Labute approximate surface area is 137 Å². The molecule has 0 spiro atoms. The minimum atomic E-state index is -0.833. The van der Waals surface area contributed by atoms with Crippen molar-refractivity contribution in [2.24, 2.45) is 0 Å². The lowest BCUT2D eigenvalue weighted by Crippen LogP contribution is -2.09. The number of aliphatic carboxylic acids is 1. The van der Waals surface area contributed by atoms with Crippen LogP contribution in [0.5, 0.6) is 23.0 Å². The van der Waals surface area contributed by atoms with E-state index in [0.717, 1.165) is 20.8 Å². The highest BCUT2D eigenvalue weighted by Crippen LogP contribution is 2.44. The minimum Gasteiger partial charge on any atom is -0.502 e. The molecule has 0 heterocycles. The van der Waals surface area contributed by atoms with E-state index in [-0.39, 0.29) is 22.8 Å². The van der Waals surface area contributed by atoms with Gasteiger partial charge in [-0.05, 0) is 6.92 Å². The van der Waals surface area contributed by atoms with Crippen LogP contribution in [0.4, 0.5) is 0 Å². The highest BCUT2D eigenvalue weighted by molar-refractivity contribution is 5.77. The maximum absolute atomic E-state index is 11.0. The highest BCUT2D eigenvalue weighted by atomic mass is 16.6. The van der Waals surface area contributed by atoms with Gasteiger partial charge < -0.3 is 24.4 Å². The molecule has 0 atom stereocenters. The van der Waals surface area contributed by atoms with Gasteiger partial charge in [-0.1, -0.05) is 0 Å². The van der Waals surface area contributed by atoms with Gasteiger partial charge >= 0.3 is 17.9 Å². The molecule has 0 aliphatic heterocycles. The predicted molar refractivity (Wildman–Crippen MR) is 80.1 cm³/mol. The molecule has 0 saturated heterocycles. The predicted octanol–water partition coefficient (Wildman–Crippen LogP) is 1.57. The second-order valence-electron chi connectivity index (χ2n) is 4.48. The molecule has 0 radical (unpaired) electrons. The van der Waals surface area contributed by atoms with E-state index < -0.39 is 29.6 Å². The van der Waals surface area contributed by atoms with Crippen molar-refractivity contribution in [1.82, 2.24) is 0 Å². The van der Waals surface area contributed by atoms with Crippen LogP contribution in [-0.2, 0) is 19.2 Å². The van der Waals surface area contributed by atoms with E-state index in [0.29, 0.717) is 0 Å². The molecule has 0 aromatic heterocycles. The lowest BCUT2D eigenvalue weighted by atomic mass is 10.1. The molecule has 0 unspecified atom stereocenters. The zero-order valence-corrected chi connectivity index (χ0v) is 13.8. The topological polar surface area (TPSA) is 136 Å². The van der Waals surface area contributed by atoms with E-state index in [1.165, 1.54) is 19.9 Å². The van der Waals surface area contributed by atoms with Crippen LogP contribution in [0, 0.1) is 6.92 Å². The first-order valence-electron chi connectivity index (χ1n) is 6.57. The summed E-state index contributed by atoms with van der Waals surface area (Å²) in [6.07, 6.45) is 0. The average molecular weight is 342 g/mol. The summed E-state index contributed by atoms with van der Waals surface area (Å²) in [5, 5.41) is 17.3. The zero-order valence-electron chi connectivity index (χ0n) is 13.8. The van der Waals surface area contributed by atoms with Crippen LogP contribution in [0.2, 0.25) is 0 Å². The standard InChI is InChI=1S/C13H14O7.C2H4O2/c1-6-10(18-7(2)14)5-11(19-8(3)15)12(17)13(6)20-9(4)16;1-2(3)4/h5,17H,1-4H3;1H3,(H,3,4). The SMILES string of the molecule is CC(=O)O.CC(=O)Oc1cc(OC(C)=O)c(O)c(OC(C)=O)c1C. The molecule has 0 fully saturated rings. The molecule has 0 bridgehead atoms. The first-order valence-corrected chi connectivity index (χ1v) is 6.57. The number of phenolic OH excluding ortho intramolecular Hbond substituents is 1. The number of ether oxygens (including phenoxy) is 3. The Morgan fingerprint density at radius 2 is 1.21 bits per heavy atom. The average Bonchev–Trinajstić information content (AvgIpc) is 2.38. The van der Waals surface area contributed by atoms with Gasteiger partial charge in [0.05, 0.1) is 0 Å². The van der Waals surface area contributed by atoms with Crippen LogP contribution >= 0.6 is 0 Å². The van der Waals surface area contributed by atoms with Gasteiger partial charge in [0.2, 0.25) is 5.75 Å². The molecule has 1 rings (SSSR count). The Morgan fingerprint density at radius 3 is 1.58 bits per heavy atom. The van der Waals surface area contributed by atoms with Gasteiger partial charge in [-0.25, -0.2) is 0 Å². The van der Waals surface area contributed by atoms with Crippen LogP contribution < -0.4 is 14.2 Å². The van der Waals surface area contributed by atoms with E-state index in [1.807, 2.05) is 0 Å². The Morgan fingerprint density at radius 1 is 0.833 bits per heavy atom. The third-order valence-electron chi connectivity index (χ3n) is 2.17. The molecular weight excluding hydrogens is 324 g/mol. The lowest BCUT2D eigenvalue weighted by molar-refractivity contribution is -0.135. The molecule has 24 heavy (non-hydrogen) atoms.